The summed E-state index contributed by atoms with van der Waals surface area (Å²) in [5.41, 5.74) is 2.75. The van der Waals surface area contributed by atoms with Crippen molar-refractivity contribution in [2.24, 2.45) is 0 Å². The van der Waals surface area contributed by atoms with Gasteiger partial charge in [-0.1, -0.05) is 18.2 Å². The summed E-state index contributed by atoms with van der Waals surface area (Å²) in [6, 6.07) is 11.5. The molecule has 4 rings (SSSR count). The number of aromatic amines is 1. The number of para-hydroxylation sites is 1. The molecule has 2 N–H and O–H groups in total. The molecule has 4 aromatic rings. The van der Waals surface area contributed by atoms with E-state index in [4.69, 9.17) is 5.11 Å². The van der Waals surface area contributed by atoms with E-state index in [1.54, 1.807) is 16.8 Å². The lowest BCUT2D eigenvalue weighted by atomic mass is 10.2. The van der Waals surface area contributed by atoms with Crippen LogP contribution in [-0.4, -0.2) is 25.7 Å². The van der Waals surface area contributed by atoms with Gasteiger partial charge in [0.05, 0.1) is 11.0 Å². The van der Waals surface area contributed by atoms with E-state index >= 15 is 0 Å². The largest absolute Gasteiger partial charge is 0.476 e. The first kappa shape index (κ1) is 10.1. The van der Waals surface area contributed by atoms with Crippen LogP contribution in [0.5, 0.6) is 0 Å². The summed E-state index contributed by atoms with van der Waals surface area (Å²) in [4.78, 5) is 14.3. The highest BCUT2D eigenvalue weighted by Crippen LogP contribution is 2.28. The van der Waals surface area contributed by atoms with Gasteiger partial charge in [-0.05, 0) is 12.1 Å². The predicted molar refractivity (Wildman–Crippen MR) is 71.5 cm³/mol. The molecular formula is C14H9N3O2. The molecule has 19 heavy (non-hydrogen) atoms. The van der Waals surface area contributed by atoms with Gasteiger partial charge in [0.25, 0.3) is 0 Å². The highest BCUT2D eigenvalue weighted by molar-refractivity contribution is 6.12. The van der Waals surface area contributed by atoms with E-state index in [0.717, 1.165) is 27.3 Å². The van der Waals surface area contributed by atoms with Crippen molar-refractivity contribution in [2.75, 3.05) is 0 Å². The van der Waals surface area contributed by atoms with Crippen LogP contribution in [0.4, 0.5) is 0 Å². The maximum atomic E-state index is 11.0. The Morgan fingerprint density at radius 2 is 2.05 bits per heavy atom. The maximum Gasteiger partial charge on any atom is 0.356 e. The SMILES string of the molecule is O=C(O)c1cc2c3[nH]c4ccccc4c3ccn2n1. The van der Waals surface area contributed by atoms with E-state index in [1.165, 1.54) is 0 Å². The minimum Gasteiger partial charge on any atom is -0.476 e. The van der Waals surface area contributed by atoms with E-state index < -0.39 is 5.97 Å². The van der Waals surface area contributed by atoms with Crippen LogP contribution in [0.3, 0.4) is 0 Å². The molecule has 0 saturated heterocycles. The smallest absolute Gasteiger partial charge is 0.356 e. The fourth-order valence-corrected chi connectivity index (χ4v) is 2.48. The van der Waals surface area contributed by atoms with Crippen molar-refractivity contribution in [1.82, 2.24) is 14.6 Å². The third-order valence-corrected chi connectivity index (χ3v) is 3.34. The molecule has 0 unspecified atom stereocenters. The first-order chi connectivity index (χ1) is 9.24. The van der Waals surface area contributed by atoms with E-state index in [0.29, 0.717) is 0 Å². The molecule has 0 spiro atoms. The lowest BCUT2D eigenvalue weighted by Gasteiger charge is -1.94. The molecule has 0 atom stereocenters. The van der Waals surface area contributed by atoms with Crippen LogP contribution < -0.4 is 0 Å². The van der Waals surface area contributed by atoms with E-state index in [2.05, 4.69) is 10.1 Å². The van der Waals surface area contributed by atoms with Gasteiger partial charge in [-0.2, -0.15) is 5.10 Å². The molecule has 0 aliphatic heterocycles. The molecule has 3 aromatic heterocycles. The number of nitrogens with zero attached hydrogens (tertiary/aromatic N) is 2. The number of aromatic nitrogens is 3. The average molecular weight is 251 g/mol. The summed E-state index contributed by atoms with van der Waals surface area (Å²) in [6.45, 7) is 0. The van der Waals surface area contributed by atoms with Gasteiger partial charge >= 0.3 is 5.97 Å². The van der Waals surface area contributed by atoms with Gasteiger partial charge in [-0.3, -0.25) is 0 Å². The standard InChI is InChI=1S/C14H9N3O2/c18-14(19)11-7-12-13-9(5-6-17(12)16-11)8-3-1-2-4-10(8)15-13/h1-7,15H,(H,18,19). The van der Waals surface area contributed by atoms with Crippen molar-refractivity contribution in [3.05, 3.63) is 48.3 Å². The Balaban J connectivity index is 2.21. The predicted octanol–water partition coefficient (Wildman–Crippen LogP) is 2.67. The lowest BCUT2D eigenvalue weighted by molar-refractivity contribution is 0.0690. The quantitative estimate of drug-likeness (QED) is 0.546. The Kier molecular flexibility index (Phi) is 1.79. The minimum atomic E-state index is -1.02. The molecule has 0 fully saturated rings. The number of carbonyl (C=O) groups is 1. The summed E-state index contributed by atoms with van der Waals surface area (Å²) in [6.07, 6.45) is 1.78. The molecule has 0 amide bonds. The summed E-state index contributed by atoms with van der Waals surface area (Å²) in [5, 5.41) is 15.2. The monoisotopic (exact) mass is 251 g/mol. The Morgan fingerprint density at radius 3 is 2.89 bits per heavy atom. The molecule has 0 bridgehead atoms. The summed E-state index contributed by atoms with van der Waals surface area (Å²) in [7, 11) is 0. The molecular weight excluding hydrogens is 242 g/mol. The molecule has 5 heteroatoms. The molecule has 0 saturated carbocycles. The Bertz CT molecular complexity index is 949. The first-order valence-corrected chi connectivity index (χ1v) is 5.86. The summed E-state index contributed by atoms with van der Waals surface area (Å²) < 4.78 is 1.58. The molecule has 92 valence electrons. The number of aromatic carboxylic acids is 1. The van der Waals surface area contributed by atoms with Crippen LogP contribution in [0.1, 0.15) is 10.5 Å². The van der Waals surface area contributed by atoms with Crippen molar-refractivity contribution in [3.63, 3.8) is 0 Å². The zero-order chi connectivity index (χ0) is 13.0. The van der Waals surface area contributed by atoms with E-state index in [9.17, 15) is 4.79 Å². The fraction of sp³-hybridized carbons (Fsp3) is 0. The Morgan fingerprint density at radius 1 is 1.21 bits per heavy atom. The van der Waals surface area contributed by atoms with Gasteiger partial charge in [-0.25, -0.2) is 9.31 Å². The number of carboxylic acid groups (broad SMARTS) is 1. The third kappa shape index (κ3) is 1.29. The molecule has 0 aliphatic rings. The third-order valence-electron chi connectivity index (χ3n) is 3.34. The van der Waals surface area contributed by atoms with Gasteiger partial charge in [0.1, 0.15) is 0 Å². The summed E-state index contributed by atoms with van der Waals surface area (Å²) >= 11 is 0. The van der Waals surface area contributed by atoms with Crippen LogP contribution in [0.15, 0.2) is 42.6 Å². The first-order valence-electron chi connectivity index (χ1n) is 5.86. The topological polar surface area (TPSA) is 70.4 Å². The van der Waals surface area contributed by atoms with Crippen LogP contribution in [-0.2, 0) is 0 Å². The number of hydrogen-bond acceptors (Lipinski definition) is 2. The van der Waals surface area contributed by atoms with E-state index in [1.807, 2.05) is 30.3 Å². The second-order valence-corrected chi connectivity index (χ2v) is 4.44. The van der Waals surface area contributed by atoms with Gasteiger partial charge < -0.3 is 10.1 Å². The molecule has 3 heterocycles. The number of pyridine rings is 1. The van der Waals surface area contributed by atoms with Crippen LogP contribution in [0.2, 0.25) is 0 Å². The van der Waals surface area contributed by atoms with Crippen LogP contribution in [0, 0.1) is 0 Å². The molecule has 5 nitrogen and oxygen atoms in total. The van der Waals surface area contributed by atoms with Crippen molar-refractivity contribution in [2.45, 2.75) is 0 Å². The van der Waals surface area contributed by atoms with Crippen molar-refractivity contribution < 1.29 is 9.90 Å². The molecule has 0 radical (unpaired) electrons. The molecule has 0 aliphatic carbocycles. The van der Waals surface area contributed by atoms with Crippen molar-refractivity contribution >= 4 is 33.3 Å². The Hall–Kier alpha value is -2.82. The number of fused-ring (bicyclic) bond motifs is 5. The zero-order valence-corrected chi connectivity index (χ0v) is 9.79. The number of hydrogen-bond donors (Lipinski definition) is 2. The highest BCUT2D eigenvalue weighted by atomic mass is 16.4. The van der Waals surface area contributed by atoms with Crippen molar-refractivity contribution in [3.8, 4) is 0 Å². The fourth-order valence-electron chi connectivity index (χ4n) is 2.48. The summed E-state index contributed by atoms with van der Waals surface area (Å²) in [5.74, 6) is -1.02. The number of carboxylic acids is 1. The second kappa shape index (κ2) is 3.35. The number of rotatable bonds is 1. The number of benzene rings is 1. The Labute approximate surface area is 107 Å². The lowest BCUT2D eigenvalue weighted by Crippen LogP contribution is -1.97. The zero-order valence-electron chi connectivity index (χ0n) is 9.79. The average Bonchev–Trinajstić information content (AvgIpc) is 2.99. The van der Waals surface area contributed by atoms with Gasteiger partial charge in [0.15, 0.2) is 5.69 Å². The number of H-pyrrole nitrogens is 1. The second-order valence-electron chi connectivity index (χ2n) is 4.44. The normalized spacial score (nSPS) is 11.6. The van der Waals surface area contributed by atoms with Crippen LogP contribution in [0.25, 0.3) is 27.3 Å². The van der Waals surface area contributed by atoms with Gasteiger partial charge in [-0.15, -0.1) is 0 Å². The molecule has 1 aromatic carbocycles. The minimum absolute atomic E-state index is 0.0474. The van der Waals surface area contributed by atoms with E-state index in [-0.39, 0.29) is 5.69 Å². The highest BCUT2D eigenvalue weighted by Gasteiger charge is 2.13. The van der Waals surface area contributed by atoms with Gasteiger partial charge in [0, 0.05) is 28.6 Å². The van der Waals surface area contributed by atoms with Crippen molar-refractivity contribution in [1.29, 1.82) is 0 Å². The van der Waals surface area contributed by atoms with Crippen LogP contribution >= 0.6 is 0 Å². The maximum absolute atomic E-state index is 11.0. The van der Waals surface area contributed by atoms with Gasteiger partial charge in [0.2, 0.25) is 0 Å². The number of nitrogens with one attached hydrogen (secondary N) is 1.